The third kappa shape index (κ3) is 4.26. The molecule has 152 valence electrons. The van der Waals surface area contributed by atoms with Gasteiger partial charge in [-0.2, -0.15) is 4.98 Å². The lowest BCUT2D eigenvalue weighted by molar-refractivity contribution is -0.384. The zero-order chi connectivity index (χ0) is 21.1. The summed E-state index contributed by atoms with van der Waals surface area (Å²) < 4.78 is 10.6. The van der Waals surface area contributed by atoms with Crippen molar-refractivity contribution in [3.63, 3.8) is 0 Å². The van der Waals surface area contributed by atoms with E-state index in [1.807, 2.05) is 0 Å². The van der Waals surface area contributed by atoms with Crippen LogP contribution in [0.1, 0.15) is 5.89 Å². The van der Waals surface area contributed by atoms with E-state index < -0.39 is 4.92 Å². The summed E-state index contributed by atoms with van der Waals surface area (Å²) >= 11 is 7.37. The predicted molar refractivity (Wildman–Crippen MR) is 109 cm³/mol. The maximum Gasteiger partial charge on any atom is 0.269 e. The number of hydrogen-bond donors (Lipinski definition) is 1. The molecule has 0 amide bonds. The molecule has 30 heavy (non-hydrogen) atoms. The summed E-state index contributed by atoms with van der Waals surface area (Å²) in [6, 6.07) is 11.1. The Labute approximate surface area is 178 Å². The first-order valence-electron chi connectivity index (χ1n) is 8.50. The van der Waals surface area contributed by atoms with Crippen LogP contribution in [-0.4, -0.2) is 37.4 Å². The van der Waals surface area contributed by atoms with Crippen LogP contribution in [0.25, 0.3) is 22.8 Å². The third-order valence-electron chi connectivity index (χ3n) is 4.01. The van der Waals surface area contributed by atoms with Gasteiger partial charge in [-0.05, 0) is 30.3 Å². The Kier molecular flexibility index (Phi) is 5.63. The first-order valence-corrected chi connectivity index (χ1v) is 9.86. The average molecular weight is 445 g/mol. The third-order valence-corrected chi connectivity index (χ3v) is 5.08. The molecule has 0 aliphatic rings. The van der Waals surface area contributed by atoms with E-state index in [0.29, 0.717) is 50.3 Å². The molecule has 0 saturated heterocycles. The van der Waals surface area contributed by atoms with E-state index in [-0.39, 0.29) is 5.69 Å². The minimum Gasteiger partial charge on any atom is -0.496 e. The van der Waals surface area contributed by atoms with Crippen LogP contribution in [0.15, 0.2) is 52.1 Å². The lowest BCUT2D eigenvalue weighted by Gasteiger charge is -2.05. The fourth-order valence-corrected chi connectivity index (χ4v) is 3.39. The van der Waals surface area contributed by atoms with Gasteiger partial charge in [-0.3, -0.25) is 15.2 Å². The Bertz CT molecular complexity index is 1190. The quantitative estimate of drug-likeness (QED) is 0.250. The molecule has 4 rings (SSSR count). The van der Waals surface area contributed by atoms with Gasteiger partial charge in [-0.25, -0.2) is 4.98 Å². The van der Waals surface area contributed by atoms with Crippen molar-refractivity contribution in [2.45, 2.75) is 10.9 Å². The van der Waals surface area contributed by atoms with E-state index >= 15 is 0 Å². The lowest BCUT2D eigenvalue weighted by Crippen LogP contribution is -1.89. The molecule has 0 spiro atoms. The molecule has 0 atom stereocenters. The van der Waals surface area contributed by atoms with Crippen LogP contribution in [0, 0.1) is 10.1 Å². The maximum atomic E-state index is 10.7. The number of non-ortho nitro benzene ring substituents is 1. The number of H-pyrrole nitrogens is 1. The first kappa shape index (κ1) is 19.9. The highest BCUT2D eigenvalue weighted by Gasteiger charge is 2.15. The number of ether oxygens (including phenoxy) is 1. The Morgan fingerprint density at radius 2 is 2.03 bits per heavy atom. The smallest absolute Gasteiger partial charge is 0.269 e. The van der Waals surface area contributed by atoms with Crippen LogP contribution in [0.3, 0.4) is 0 Å². The van der Waals surface area contributed by atoms with Gasteiger partial charge in [0.2, 0.25) is 16.9 Å². The summed E-state index contributed by atoms with van der Waals surface area (Å²) in [5.74, 6) is 2.22. The zero-order valence-corrected chi connectivity index (χ0v) is 17.0. The molecule has 0 aliphatic heterocycles. The average Bonchev–Trinajstić information content (AvgIpc) is 3.42. The second kappa shape index (κ2) is 8.51. The maximum absolute atomic E-state index is 10.7. The number of nitrogens with one attached hydrogen (secondary N) is 1. The van der Waals surface area contributed by atoms with Crippen LogP contribution in [0.5, 0.6) is 5.75 Å². The van der Waals surface area contributed by atoms with Gasteiger partial charge in [-0.15, -0.1) is 5.10 Å². The Morgan fingerprint density at radius 1 is 1.23 bits per heavy atom. The van der Waals surface area contributed by atoms with Crippen LogP contribution in [0.2, 0.25) is 5.02 Å². The fraction of sp³-hybridized carbons (Fsp3) is 0.111. The minimum absolute atomic E-state index is 0.00484. The Morgan fingerprint density at radius 3 is 2.77 bits per heavy atom. The number of nitro benzene ring substituents is 1. The van der Waals surface area contributed by atoms with Crippen molar-refractivity contribution in [3.05, 3.63) is 63.5 Å². The molecular weight excluding hydrogens is 432 g/mol. The van der Waals surface area contributed by atoms with Crippen molar-refractivity contribution < 1.29 is 14.2 Å². The summed E-state index contributed by atoms with van der Waals surface area (Å²) in [4.78, 5) is 19.0. The summed E-state index contributed by atoms with van der Waals surface area (Å²) in [7, 11) is 1.57. The Hall–Kier alpha value is -3.44. The number of aromatic amines is 1. The van der Waals surface area contributed by atoms with Gasteiger partial charge in [0.15, 0.2) is 5.82 Å². The number of aromatic nitrogens is 5. The van der Waals surface area contributed by atoms with E-state index in [0.717, 1.165) is 0 Å². The lowest BCUT2D eigenvalue weighted by atomic mass is 10.2. The van der Waals surface area contributed by atoms with Gasteiger partial charge in [-0.1, -0.05) is 28.5 Å². The van der Waals surface area contributed by atoms with Gasteiger partial charge in [0.25, 0.3) is 5.69 Å². The summed E-state index contributed by atoms with van der Waals surface area (Å²) in [6.07, 6.45) is 0. The molecular formula is C18H13ClN6O4S. The van der Waals surface area contributed by atoms with E-state index in [1.165, 1.54) is 23.9 Å². The molecule has 2 heterocycles. The molecule has 0 radical (unpaired) electrons. The standard InChI is InChI=1S/C18H13ClN6O4S/c1-28-14-7-4-11(19)8-13(14)17-21-18(23-22-17)30-9-15-20-16(24-29-15)10-2-5-12(6-3-10)25(26)27/h2-8H,9H2,1H3,(H,21,22,23). The van der Waals surface area contributed by atoms with Crippen molar-refractivity contribution >= 4 is 29.1 Å². The SMILES string of the molecule is COc1ccc(Cl)cc1-c1nc(SCc2nc(-c3ccc([N+](=O)[O-])cc3)no2)n[nH]1. The monoisotopic (exact) mass is 444 g/mol. The molecule has 0 fully saturated rings. The molecule has 0 unspecified atom stereocenters. The largest absolute Gasteiger partial charge is 0.496 e. The summed E-state index contributed by atoms with van der Waals surface area (Å²) in [5, 5.41) is 22.7. The van der Waals surface area contributed by atoms with Gasteiger partial charge in [0.05, 0.1) is 23.3 Å². The first-order chi connectivity index (χ1) is 14.5. The molecule has 2 aromatic carbocycles. The molecule has 10 nitrogen and oxygen atoms in total. The molecule has 12 heteroatoms. The topological polar surface area (TPSA) is 133 Å². The second-order valence-electron chi connectivity index (χ2n) is 5.92. The van der Waals surface area contributed by atoms with Gasteiger partial charge < -0.3 is 9.26 Å². The predicted octanol–water partition coefficient (Wildman–Crippen LogP) is 4.38. The number of benzene rings is 2. The van der Waals surface area contributed by atoms with Gasteiger partial charge in [0, 0.05) is 22.7 Å². The molecule has 0 bridgehead atoms. The fourth-order valence-electron chi connectivity index (χ4n) is 2.59. The molecule has 4 aromatic rings. The number of rotatable bonds is 7. The van der Waals surface area contributed by atoms with E-state index in [9.17, 15) is 10.1 Å². The molecule has 1 N–H and O–H groups in total. The number of halogens is 1. The van der Waals surface area contributed by atoms with Crippen molar-refractivity contribution in [2.24, 2.45) is 0 Å². The molecule has 0 saturated carbocycles. The number of nitro groups is 1. The highest BCUT2D eigenvalue weighted by molar-refractivity contribution is 7.98. The van der Waals surface area contributed by atoms with Gasteiger partial charge >= 0.3 is 0 Å². The normalized spacial score (nSPS) is 10.9. The highest BCUT2D eigenvalue weighted by atomic mass is 35.5. The summed E-state index contributed by atoms with van der Waals surface area (Å²) in [5.41, 5.74) is 1.31. The van der Waals surface area contributed by atoms with E-state index in [2.05, 4.69) is 25.3 Å². The highest BCUT2D eigenvalue weighted by Crippen LogP contribution is 2.31. The number of thioether (sulfide) groups is 1. The van der Waals surface area contributed by atoms with Crippen LogP contribution in [-0.2, 0) is 5.75 Å². The summed E-state index contributed by atoms with van der Waals surface area (Å²) in [6.45, 7) is 0. The second-order valence-corrected chi connectivity index (χ2v) is 7.29. The number of nitrogens with zero attached hydrogens (tertiary/aromatic N) is 5. The van der Waals surface area contributed by atoms with Gasteiger partial charge in [0.1, 0.15) is 5.75 Å². The van der Waals surface area contributed by atoms with Crippen LogP contribution < -0.4 is 4.74 Å². The van der Waals surface area contributed by atoms with Crippen LogP contribution >= 0.6 is 23.4 Å². The van der Waals surface area contributed by atoms with Crippen LogP contribution in [0.4, 0.5) is 5.69 Å². The van der Waals surface area contributed by atoms with Crippen molar-refractivity contribution in [1.82, 2.24) is 25.3 Å². The Balaban J connectivity index is 1.44. The van der Waals surface area contributed by atoms with E-state index in [1.54, 1.807) is 37.4 Å². The molecule has 0 aliphatic carbocycles. The van der Waals surface area contributed by atoms with Crippen molar-refractivity contribution in [3.8, 4) is 28.5 Å². The van der Waals surface area contributed by atoms with E-state index in [4.69, 9.17) is 20.9 Å². The zero-order valence-electron chi connectivity index (χ0n) is 15.4. The number of hydrogen-bond acceptors (Lipinski definition) is 9. The molecule has 2 aromatic heterocycles. The van der Waals surface area contributed by atoms with Crippen molar-refractivity contribution in [1.29, 1.82) is 0 Å². The number of methoxy groups -OCH3 is 1. The van der Waals surface area contributed by atoms with Crippen molar-refractivity contribution in [2.75, 3.05) is 7.11 Å². The minimum atomic E-state index is -0.466.